The van der Waals surface area contributed by atoms with Gasteiger partial charge in [0.25, 0.3) is 0 Å². The van der Waals surface area contributed by atoms with Gasteiger partial charge in [-0.15, -0.1) is 0 Å². The van der Waals surface area contributed by atoms with E-state index in [0.29, 0.717) is 29.8 Å². The zero-order valence-electron chi connectivity index (χ0n) is 17.0. The highest BCUT2D eigenvalue weighted by atomic mass is 16.5. The molecule has 0 radical (unpaired) electrons. The Morgan fingerprint density at radius 3 is 2.17 bits per heavy atom. The van der Waals surface area contributed by atoms with E-state index < -0.39 is 0 Å². The van der Waals surface area contributed by atoms with Gasteiger partial charge >= 0.3 is 5.97 Å². The Morgan fingerprint density at radius 1 is 0.957 bits per heavy atom. The van der Waals surface area contributed by atoms with Crippen LogP contribution in [0, 0.1) is 16.7 Å². The maximum atomic E-state index is 11.9. The lowest BCUT2D eigenvalue weighted by molar-refractivity contribution is -0.145. The van der Waals surface area contributed by atoms with E-state index in [0.717, 1.165) is 12.8 Å². The van der Waals surface area contributed by atoms with Crippen molar-refractivity contribution in [3.8, 4) is 0 Å². The number of unbranched alkanes of at least 4 members (excludes halogenated alkanes) is 3. The molecule has 0 saturated carbocycles. The molecule has 0 N–H and O–H groups in total. The summed E-state index contributed by atoms with van der Waals surface area (Å²) in [5.41, 5.74) is 0.731. The minimum absolute atomic E-state index is 0.0144. The van der Waals surface area contributed by atoms with E-state index in [2.05, 4.69) is 48.5 Å². The molecule has 0 fully saturated rings. The predicted octanol–water partition coefficient (Wildman–Crippen LogP) is 6.77. The minimum Gasteiger partial charge on any atom is -0.466 e. The van der Waals surface area contributed by atoms with Crippen LogP contribution in [0.25, 0.3) is 0 Å². The highest BCUT2D eigenvalue weighted by molar-refractivity contribution is 5.69. The zero-order valence-corrected chi connectivity index (χ0v) is 17.0. The third-order valence-electron chi connectivity index (χ3n) is 4.46. The third-order valence-corrected chi connectivity index (χ3v) is 4.46. The van der Waals surface area contributed by atoms with Crippen molar-refractivity contribution < 1.29 is 9.53 Å². The van der Waals surface area contributed by atoms with E-state index in [1.165, 1.54) is 38.5 Å². The van der Waals surface area contributed by atoms with Crippen LogP contribution < -0.4 is 0 Å². The van der Waals surface area contributed by atoms with Crippen LogP contribution in [-0.2, 0) is 9.53 Å². The Hall–Kier alpha value is -0.530. The lowest BCUT2D eigenvalue weighted by atomic mass is 9.77. The summed E-state index contributed by atoms with van der Waals surface area (Å²) in [6.45, 7) is 16.6. The Morgan fingerprint density at radius 2 is 1.61 bits per heavy atom. The standard InChI is InChI=1S/C21H42O2/c1-8-9-10-11-15-23-19(22)16-18(2)17-21(6,7)14-12-13-20(3,4)5/h18H,8-17H2,1-7H3. The first-order chi connectivity index (χ1) is 10.6. The van der Waals surface area contributed by atoms with Crippen LogP contribution in [0.2, 0.25) is 0 Å². The molecule has 0 aliphatic carbocycles. The van der Waals surface area contributed by atoms with Gasteiger partial charge in [0.2, 0.25) is 0 Å². The smallest absolute Gasteiger partial charge is 0.306 e. The number of ether oxygens (including phenoxy) is 1. The Labute approximate surface area is 145 Å². The highest BCUT2D eigenvalue weighted by Gasteiger charge is 2.23. The van der Waals surface area contributed by atoms with Crippen LogP contribution in [0.15, 0.2) is 0 Å². The highest BCUT2D eigenvalue weighted by Crippen LogP contribution is 2.34. The van der Waals surface area contributed by atoms with Crippen molar-refractivity contribution >= 4 is 5.97 Å². The van der Waals surface area contributed by atoms with Crippen LogP contribution >= 0.6 is 0 Å². The van der Waals surface area contributed by atoms with E-state index in [4.69, 9.17) is 4.74 Å². The molecule has 0 bridgehead atoms. The number of rotatable bonds is 12. The lowest BCUT2D eigenvalue weighted by Crippen LogP contribution is -2.19. The number of carbonyl (C=O) groups excluding carboxylic acids is 1. The average molecular weight is 327 g/mol. The molecule has 0 aromatic rings. The second-order valence-electron chi connectivity index (χ2n) is 9.37. The van der Waals surface area contributed by atoms with Gasteiger partial charge in [0.1, 0.15) is 0 Å². The summed E-state index contributed by atoms with van der Waals surface area (Å²) in [5, 5.41) is 0. The molecule has 0 spiro atoms. The van der Waals surface area contributed by atoms with Crippen molar-refractivity contribution in [1.82, 2.24) is 0 Å². The van der Waals surface area contributed by atoms with Crippen LogP contribution in [-0.4, -0.2) is 12.6 Å². The molecule has 0 saturated heterocycles. The summed E-state index contributed by atoms with van der Waals surface area (Å²) in [4.78, 5) is 11.9. The molecule has 2 nitrogen and oxygen atoms in total. The predicted molar refractivity (Wildman–Crippen MR) is 101 cm³/mol. The van der Waals surface area contributed by atoms with Crippen LogP contribution in [0.3, 0.4) is 0 Å². The zero-order chi connectivity index (χ0) is 17.9. The van der Waals surface area contributed by atoms with Gasteiger partial charge in [-0.2, -0.15) is 0 Å². The average Bonchev–Trinajstić information content (AvgIpc) is 2.35. The molecule has 0 aliphatic heterocycles. The second kappa shape index (κ2) is 11.1. The summed E-state index contributed by atoms with van der Waals surface area (Å²) < 4.78 is 5.36. The fourth-order valence-corrected chi connectivity index (χ4v) is 3.27. The van der Waals surface area contributed by atoms with Gasteiger partial charge in [-0.1, -0.05) is 74.1 Å². The van der Waals surface area contributed by atoms with Gasteiger partial charge in [0.15, 0.2) is 0 Å². The van der Waals surface area contributed by atoms with Crippen molar-refractivity contribution in [2.75, 3.05) is 6.61 Å². The molecule has 1 atom stereocenters. The van der Waals surface area contributed by atoms with Crippen molar-refractivity contribution in [2.24, 2.45) is 16.7 Å². The summed E-state index contributed by atoms with van der Waals surface area (Å²) in [6.07, 6.45) is 10.1. The largest absolute Gasteiger partial charge is 0.466 e. The second-order valence-corrected chi connectivity index (χ2v) is 9.37. The fourth-order valence-electron chi connectivity index (χ4n) is 3.27. The fraction of sp³-hybridized carbons (Fsp3) is 0.952. The van der Waals surface area contributed by atoms with Gasteiger partial charge in [-0.3, -0.25) is 4.79 Å². The normalized spacial score (nSPS) is 13.9. The lowest BCUT2D eigenvalue weighted by Gasteiger charge is -2.29. The molecule has 2 heteroatoms. The molecule has 0 aromatic heterocycles. The molecule has 0 aliphatic rings. The maximum Gasteiger partial charge on any atom is 0.306 e. The van der Waals surface area contributed by atoms with Crippen LogP contribution in [0.4, 0.5) is 0 Å². The SMILES string of the molecule is CCCCCCOC(=O)CC(C)CC(C)(C)CCCC(C)(C)C. The first-order valence-corrected chi connectivity index (χ1v) is 9.71. The molecular weight excluding hydrogens is 284 g/mol. The van der Waals surface area contributed by atoms with Gasteiger partial charge in [0.05, 0.1) is 6.61 Å². The van der Waals surface area contributed by atoms with Crippen molar-refractivity contribution in [3.05, 3.63) is 0 Å². The third kappa shape index (κ3) is 14.8. The van der Waals surface area contributed by atoms with E-state index in [1.807, 2.05) is 0 Å². The molecule has 0 heterocycles. The molecule has 138 valence electrons. The Balaban J connectivity index is 3.92. The molecule has 1 unspecified atom stereocenters. The number of hydrogen-bond acceptors (Lipinski definition) is 2. The first-order valence-electron chi connectivity index (χ1n) is 9.71. The van der Waals surface area contributed by atoms with E-state index in [1.54, 1.807) is 0 Å². The maximum absolute atomic E-state index is 11.9. The number of carbonyl (C=O) groups is 1. The molecule has 23 heavy (non-hydrogen) atoms. The number of hydrogen-bond donors (Lipinski definition) is 0. The number of esters is 1. The molecule has 0 rings (SSSR count). The summed E-state index contributed by atoms with van der Waals surface area (Å²) in [5.74, 6) is 0.391. The van der Waals surface area contributed by atoms with Crippen molar-refractivity contribution in [1.29, 1.82) is 0 Å². The first kappa shape index (κ1) is 22.5. The summed E-state index contributed by atoms with van der Waals surface area (Å²) >= 11 is 0. The van der Waals surface area contributed by atoms with E-state index in [9.17, 15) is 4.79 Å². The summed E-state index contributed by atoms with van der Waals surface area (Å²) in [6, 6.07) is 0. The van der Waals surface area contributed by atoms with Gasteiger partial charge in [0, 0.05) is 6.42 Å². The Kier molecular flexibility index (Phi) is 10.8. The van der Waals surface area contributed by atoms with Gasteiger partial charge < -0.3 is 4.74 Å². The topological polar surface area (TPSA) is 26.3 Å². The van der Waals surface area contributed by atoms with E-state index >= 15 is 0 Å². The molecular formula is C21H42O2. The quantitative estimate of drug-likeness (QED) is 0.292. The van der Waals surface area contributed by atoms with Crippen LogP contribution in [0.5, 0.6) is 0 Å². The van der Waals surface area contributed by atoms with Gasteiger partial charge in [-0.25, -0.2) is 0 Å². The summed E-state index contributed by atoms with van der Waals surface area (Å²) in [7, 11) is 0. The van der Waals surface area contributed by atoms with Crippen molar-refractivity contribution in [3.63, 3.8) is 0 Å². The minimum atomic E-state index is -0.0144. The van der Waals surface area contributed by atoms with E-state index in [-0.39, 0.29) is 5.97 Å². The molecule has 0 aromatic carbocycles. The van der Waals surface area contributed by atoms with Crippen LogP contribution in [0.1, 0.15) is 106 Å². The molecule has 0 amide bonds. The van der Waals surface area contributed by atoms with Gasteiger partial charge in [-0.05, 0) is 42.4 Å². The van der Waals surface area contributed by atoms with Crippen molar-refractivity contribution in [2.45, 2.75) is 106 Å². The monoisotopic (exact) mass is 326 g/mol. The Bertz CT molecular complexity index is 312.